The van der Waals surface area contributed by atoms with E-state index in [-0.39, 0.29) is 5.41 Å². The van der Waals surface area contributed by atoms with Crippen LogP contribution in [0.25, 0.3) is 0 Å². The molecule has 1 heterocycles. The second-order valence-electron chi connectivity index (χ2n) is 5.49. The van der Waals surface area contributed by atoms with Crippen LogP contribution in [0.2, 0.25) is 5.15 Å². The highest BCUT2D eigenvalue weighted by Gasteiger charge is 2.26. The molecule has 1 aliphatic carbocycles. The van der Waals surface area contributed by atoms with Crippen LogP contribution in [0, 0.1) is 5.92 Å². The van der Waals surface area contributed by atoms with Crippen molar-refractivity contribution in [2.75, 3.05) is 0 Å². The summed E-state index contributed by atoms with van der Waals surface area (Å²) in [4.78, 5) is 8.98. The number of halogens is 2. The average Bonchev–Trinajstić information content (AvgIpc) is 2.93. The van der Waals surface area contributed by atoms with Crippen molar-refractivity contribution in [3.63, 3.8) is 0 Å². The first-order valence-corrected chi connectivity index (χ1v) is 6.77. The van der Waals surface area contributed by atoms with E-state index in [0.29, 0.717) is 5.15 Å². The summed E-state index contributed by atoms with van der Waals surface area (Å²) in [6.07, 6.45) is 3.58. The summed E-state index contributed by atoms with van der Waals surface area (Å²) >= 11 is 9.61. The Bertz CT molecular complexity index is 408. The molecule has 0 radical (unpaired) electrons. The summed E-state index contributed by atoms with van der Waals surface area (Å²) in [5.74, 6) is 1.67. The van der Waals surface area contributed by atoms with Crippen molar-refractivity contribution in [3.8, 4) is 0 Å². The highest BCUT2D eigenvalue weighted by atomic mass is 79.9. The number of hydrogen-bond donors (Lipinski definition) is 0. The largest absolute Gasteiger partial charge is 0.236 e. The second kappa shape index (κ2) is 4.26. The Morgan fingerprint density at radius 1 is 1.31 bits per heavy atom. The molecule has 0 N–H and O–H groups in total. The van der Waals surface area contributed by atoms with E-state index in [0.717, 1.165) is 28.3 Å². The number of rotatable bonds is 2. The maximum absolute atomic E-state index is 6.13. The monoisotopic (exact) mass is 302 g/mol. The number of nitrogens with zero attached hydrogens (tertiary/aromatic N) is 2. The molecule has 0 amide bonds. The van der Waals surface area contributed by atoms with Gasteiger partial charge in [-0.05, 0) is 34.7 Å². The van der Waals surface area contributed by atoms with Crippen molar-refractivity contribution in [2.45, 2.75) is 45.4 Å². The average molecular weight is 304 g/mol. The molecule has 16 heavy (non-hydrogen) atoms. The smallest absolute Gasteiger partial charge is 0.147 e. The van der Waals surface area contributed by atoms with Crippen LogP contribution >= 0.6 is 27.5 Å². The van der Waals surface area contributed by atoms with E-state index in [2.05, 4.69) is 46.7 Å². The van der Waals surface area contributed by atoms with E-state index in [9.17, 15) is 0 Å². The molecule has 1 saturated carbocycles. The first-order valence-electron chi connectivity index (χ1n) is 5.60. The fourth-order valence-corrected chi connectivity index (χ4v) is 2.59. The number of hydrogen-bond acceptors (Lipinski definition) is 2. The fourth-order valence-electron chi connectivity index (χ4n) is 1.63. The van der Waals surface area contributed by atoms with Crippen LogP contribution in [0.15, 0.2) is 4.47 Å². The van der Waals surface area contributed by atoms with Gasteiger partial charge in [0.05, 0.1) is 10.2 Å². The van der Waals surface area contributed by atoms with Gasteiger partial charge in [0.1, 0.15) is 11.0 Å². The Kier molecular flexibility index (Phi) is 3.28. The third kappa shape index (κ3) is 2.75. The fraction of sp³-hybridized carbons (Fsp3) is 0.667. The van der Waals surface area contributed by atoms with E-state index < -0.39 is 0 Å². The van der Waals surface area contributed by atoms with Gasteiger partial charge in [0.25, 0.3) is 0 Å². The van der Waals surface area contributed by atoms with Gasteiger partial charge in [0.15, 0.2) is 0 Å². The molecule has 2 nitrogen and oxygen atoms in total. The molecule has 0 aromatic carbocycles. The zero-order chi connectivity index (χ0) is 11.9. The lowest BCUT2D eigenvalue weighted by Crippen LogP contribution is -2.17. The molecule has 1 aromatic rings. The lowest BCUT2D eigenvalue weighted by molar-refractivity contribution is 0.556. The Labute approximate surface area is 110 Å². The van der Waals surface area contributed by atoms with E-state index >= 15 is 0 Å². The summed E-state index contributed by atoms with van der Waals surface area (Å²) in [6, 6.07) is 0. The van der Waals surface area contributed by atoms with Gasteiger partial charge in [-0.25, -0.2) is 9.97 Å². The maximum Gasteiger partial charge on any atom is 0.147 e. The topological polar surface area (TPSA) is 25.8 Å². The molecule has 4 heteroatoms. The molecular formula is C12H16BrClN2. The summed E-state index contributed by atoms with van der Waals surface area (Å²) in [7, 11) is 0. The SMILES string of the molecule is CC(C)(C)c1nc(CC2CC2)nc(Cl)c1Br. The van der Waals surface area contributed by atoms with Gasteiger partial charge in [0.2, 0.25) is 0 Å². The zero-order valence-corrected chi connectivity index (χ0v) is 12.2. The summed E-state index contributed by atoms with van der Waals surface area (Å²) in [6.45, 7) is 6.41. The van der Waals surface area contributed by atoms with Crippen LogP contribution in [0.4, 0.5) is 0 Å². The minimum Gasteiger partial charge on any atom is -0.236 e. The summed E-state index contributed by atoms with van der Waals surface area (Å²) in [5.41, 5.74) is 0.993. The molecule has 0 saturated heterocycles. The normalized spacial score (nSPS) is 16.6. The van der Waals surface area contributed by atoms with Gasteiger partial charge in [-0.3, -0.25) is 0 Å². The van der Waals surface area contributed by atoms with Crippen molar-refractivity contribution in [1.29, 1.82) is 0 Å². The second-order valence-corrected chi connectivity index (χ2v) is 6.64. The Hall–Kier alpha value is -0.150. The lowest BCUT2D eigenvalue weighted by atomic mass is 9.92. The molecule has 0 atom stereocenters. The van der Waals surface area contributed by atoms with E-state index in [4.69, 9.17) is 11.6 Å². The van der Waals surface area contributed by atoms with E-state index in [1.54, 1.807) is 0 Å². The highest BCUT2D eigenvalue weighted by Crippen LogP contribution is 2.35. The van der Waals surface area contributed by atoms with Crippen molar-refractivity contribution < 1.29 is 0 Å². The Morgan fingerprint density at radius 2 is 1.94 bits per heavy atom. The van der Waals surface area contributed by atoms with Crippen LogP contribution in [0.1, 0.15) is 45.1 Å². The van der Waals surface area contributed by atoms with Crippen molar-refractivity contribution in [1.82, 2.24) is 9.97 Å². The molecule has 2 rings (SSSR count). The molecule has 0 unspecified atom stereocenters. The maximum atomic E-state index is 6.13. The molecule has 0 bridgehead atoms. The minimum absolute atomic E-state index is 0.0102. The molecule has 1 aromatic heterocycles. The molecule has 0 aliphatic heterocycles. The minimum atomic E-state index is -0.0102. The summed E-state index contributed by atoms with van der Waals surface area (Å²) in [5, 5.41) is 0.538. The molecule has 1 aliphatic rings. The molecule has 88 valence electrons. The first-order chi connectivity index (χ1) is 7.38. The number of aromatic nitrogens is 2. The lowest BCUT2D eigenvalue weighted by Gasteiger charge is -2.20. The van der Waals surface area contributed by atoms with Crippen molar-refractivity contribution in [3.05, 3.63) is 21.1 Å². The van der Waals surface area contributed by atoms with Gasteiger partial charge in [-0.15, -0.1) is 0 Å². The van der Waals surface area contributed by atoms with Gasteiger partial charge in [-0.1, -0.05) is 32.4 Å². The van der Waals surface area contributed by atoms with Gasteiger partial charge >= 0.3 is 0 Å². The summed E-state index contributed by atoms with van der Waals surface area (Å²) < 4.78 is 0.834. The standard InChI is InChI=1S/C12H16BrClN2/c1-12(2,3)10-9(13)11(14)16-8(15-10)6-7-4-5-7/h7H,4-6H2,1-3H3. The highest BCUT2D eigenvalue weighted by molar-refractivity contribution is 9.10. The quantitative estimate of drug-likeness (QED) is 0.767. The third-order valence-corrected chi connectivity index (χ3v) is 3.99. The van der Waals surface area contributed by atoms with Crippen LogP contribution < -0.4 is 0 Å². The third-order valence-electron chi connectivity index (χ3n) is 2.74. The zero-order valence-electron chi connectivity index (χ0n) is 9.85. The van der Waals surface area contributed by atoms with Gasteiger partial charge in [-0.2, -0.15) is 0 Å². The molecular weight excluding hydrogens is 288 g/mol. The van der Waals surface area contributed by atoms with E-state index in [1.807, 2.05) is 0 Å². The predicted octanol–water partition coefficient (Wildman–Crippen LogP) is 4.14. The van der Waals surface area contributed by atoms with Crippen LogP contribution in [-0.4, -0.2) is 9.97 Å². The van der Waals surface area contributed by atoms with Crippen LogP contribution in [0.5, 0.6) is 0 Å². The van der Waals surface area contributed by atoms with Crippen LogP contribution in [0.3, 0.4) is 0 Å². The van der Waals surface area contributed by atoms with Crippen molar-refractivity contribution >= 4 is 27.5 Å². The van der Waals surface area contributed by atoms with Gasteiger partial charge in [0, 0.05) is 11.8 Å². The molecule has 1 fully saturated rings. The Balaban J connectivity index is 2.38. The van der Waals surface area contributed by atoms with Crippen molar-refractivity contribution in [2.24, 2.45) is 5.92 Å². The van der Waals surface area contributed by atoms with Gasteiger partial charge < -0.3 is 0 Å². The Morgan fingerprint density at radius 3 is 2.44 bits per heavy atom. The molecule has 0 spiro atoms. The predicted molar refractivity (Wildman–Crippen MR) is 69.9 cm³/mol. The van der Waals surface area contributed by atoms with Crippen LogP contribution in [-0.2, 0) is 11.8 Å². The van der Waals surface area contributed by atoms with E-state index in [1.165, 1.54) is 12.8 Å². The first kappa shape index (κ1) is 12.3.